The van der Waals surface area contributed by atoms with Crippen LogP contribution < -0.4 is 0 Å². The molecule has 18 heteroatoms. The minimum absolute atomic E-state index is 0.0388. The number of phenols is 2. The Kier molecular flexibility index (Phi) is 9.03. The van der Waals surface area contributed by atoms with E-state index < -0.39 is 140 Å². The number of nitroso groups, excluding NO2 is 2. The lowest BCUT2D eigenvalue weighted by atomic mass is 9.56. The van der Waals surface area contributed by atoms with E-state index in [1.165, 1.54) is 27.2 Å². The Labute approximate surface area is 294 Å². The number of hydrogen-bond acceptors (Lipinski definition) is 18. The van der Waals surface area contributed by atoms with Crippen molar-refractivity contribution in [3.8, 4) is 11.5 Å². The van der Waals surface area contributed by atoms with Gasteiger partial charge in [0, 0.05) is 44.4 Å². The van der Waals surface area contributed by atoms with E-state index in [2.05, 4.69) is 15.3 Å². The highest BCUT2D eigenvalue weighted by molar-refractivity contribution is 6.53. The van der Waals surface area contributed by atoms with Crippen LogP contribution in [0.4, 0.5) is 0 Å². The molecule has 0 amide bonds. The first-order valence-corrected chi connectivity index (χ1v) is 15.9. The molecule has 1 fully saturated rings. The normalized spacial score (nSPS) is 31.7. The number of ketones is 4. The molecule has 1 aliphatic heterocycles. The van der Waals surface area contributed by atoms with E-state index >= 15 is 0 Å². The maximum atomic E-state index is 14.7. The number of aliphatic hydroxyl groups is 1. The van der Waals surface area contributed by atoms with Crippen molar-refractivity contribution in [2.75, 3.05) is 28.4 Å². The third kappa shape index (κ3) is 4.61. The number of esters is 1. The van der Waals surface area contributed by atoms with E-state index in [-0.39, 0.29) is 11.1 Å². The van der Waals surface area contributed by atoms with Gasteiger partial charge in [0.2, 0.25) is 17.3 Å². The molecule has 0 radical (unpaired) electrons. The second kappa shape index (κ2) is 12.8. The predicted molar refractivity (Wildman–Crippen MR) is 174 cm³/mol. The van der Waals surface area contributed by atoms with Gasteiger partial charge in [0.05, 0.1) is 36.5 Å². The van der Waals surface area contributed by atoms with Crippen LogP contribution in [-0.4, -0.2) is 121 Å². The van der Waals surface area contributed by atoms with Gasteiger partial charge < -0.3 is 39.0 Å². The van der Waals surface area contributed by atoms with Gasteiger partial charge in [0.25, 0.3) is 0 Å². The first-order valence-electron chi connectivity index (χ1n) is 15.9. The van der Waals surface area contributed by atoms with Gasteiger partial charge in [-0.1, -0.05) is 16.4 Å². The summed E-state index contributed by atoms with van der Waals surface area (Å²) in [7, 11) is 4.52. The number of phenolic OH excluding ortho intramolecular Hbond substituents is 2. The zero-order chi connectivity index (χ0) is 38.2. The molecule has 2 aromatic carbocycles. The molecular formula is C34H33N3O15. The van der Waals surface area contributed by atoms with Crippen LogP contribution in [0.15, 0.2) is 27.5 Å². The molecule has 2 unspecified atom stereocenters. The van der Waals surface area contributed by atoms with Crippen molar-refractivity contribution in [3.05, 3.63) is 66.5 Å². The molecule has 52 heavy (non-hydrogen) atoms. The SMILES string of the molecule is COC(=O)c1c(C)cc2c(c1O)[C@]1(O)C(=O)c3cc4c(c(O)c3C(=O)[C@]1(OC)C(N=O)C2)C(=O)CC(=N[C@H]1O[C@@H](C)[C@H](OC)C(N=O)[C@H]1OC)C4=O. The van der Waals surface area contributed by atoms with Crippen molar-refractivity contribution in [1.82, 2.24) is 0 Å². The summed E-state index contributed by atoms with van der Waals surface area (Å²) in [6.07, 6.45) is -5.27. The zero-order valence-electron chi connectivity index (χ0n) is 28.6. The third-order valence-electron chi connectivity index (χ3n) is 10.5. The number of rotatable bonds is 7. The van der Waals surface area contributed by atoms with Gasteiger partial charge >= 0.3 is 5.97 Å². The number of nitrogens with zero attached hydrogens (tertiary/aromatic N) is 3. The largest absolute Gasteiger partial charge is 0.507 e. The molecule has 8 atom stereocenters. The minimum Gasteiger partial charge on any atom is -0.507 e. The first-order chi connectivity index (χ1) is 24.6. The van der Waals surface area contributed by atoms with Gasteiger partial charge in [-0.15, -0.1) is 0 Å². The monoisotopic (exact) mass is 723 g/mol. The molecule has 6 rings (SSSR count). The summed E-state index contributed by atoms with van der Waals surface area (Å²) < 4.78 is 26.9. The third-order valence-corrected chi connectivity index (χ3v) is 10.5. The fraction of sp³-hybridized carbons (Fsp3) is 0.471. The van der Waals surface area contributed by atoms with Crippen LogP contribution in [0.25, 0.3) is 0 Å². The lowest BCUT2D eigenvalue weighted by Crippen LogP contribution is -2.72. The van der Waals surface area contributed by atoms with Gasteiger partial charge in [0.1, 0.15) is 35.3 Å². The van der Waals surface area contributed by atoms with Crippen molar-refractivity contribution in [1.29, 1.82) is 0 Å². The highest BCUT2D eigenvalue weighted by atomic mass is 16.6. The minimum atomic E-state index is -3.29. The quantitative estimate of drug-likeness (QED) is 0.271. The average Bonchev–Trinajstić information content (AvgIpc) is 3.11. The van der Waals surface area contributed by atoms with E-state index in [4.69, 9.17) is 23.7 Å². The Morgan fingerprint density at radius 3 is 2.17 bits per heavy atom. The van der Waals surface area contributed by atoms with Gasteiger partial charge in [-0.3, -0.25) is 24.2 Å². The highest BCUT2D eigenvalue weighted by Gasteiger charge is 2.73. The summed E-state index contributed by atoms with van der Waals surface area (Å²) in [6, 6.07) is -0.849. The van der Waals surface area contributed by atoms with Gasteiger partial charge in [-0.25, -0.2) is 4.79 Å². The summed E-state index contributed by atoms with van der Waals surface area (Å²) in [6.45, 7) is 3.00. The Balaban J connectivity index is 1.56. The van der Waals surface area contributed by atoms with E-state index in [1.54, 1.807) is 6.92 Å². The Hall–Kier alpha value is -5.14. The summed E-state index contributed by atoms with van der Waals surface area (Å²) in [5.41, 5.74) is -10.5. The van der Waals surface area contributed by atoms with Gasteiger partial charge in [-0.05, 0) is 31.0 Å². The molecule has 1 heterocycles. The molecule has 2 aromatic rings. The predicted octanol–water partition coefficient (Wildman–Crippen LogP) is 1.66. The van der Waals surface area contributed by atoms with Crippen molar-refractivity contribution in [2.24, 2.45) is 15.3 Å². The van der Waals surface area contributed by atoms with E-state index in [0.717, 1.165) is 20.3 Å². The molecule has 18 nitrogen and oxygen atoms in total. The lowest BCUT2D eigenvalue weighted by Gasteiger charge is -2.52. The standard InChI is InChI=1S/C34H33N3O15/c1-11-7-13-8-18(36-46)34(51-6)30(43)21-15(29(42)33(34,45)22(13)26(41)19(11)32(44)50-5)9-14-20(25(21)40)17(38)10-16(24(14)39)35-31-28(49-4)23(37-47)27(48-3)12(2)52-31/h7,9,12,18,23,27-28,31,40-41,45H,8,10H2,1-6H3/t12-,18?,23?,27-,28+,31-,33-,34+/m0/s1. The molecule has 3 N–H and O–H groups in total. The summed E-state index contributed by atoms with van der Waals surface area (Å²) >= 11 is 0. The molecule has 1 saturated heterocycles. The molecule has 0 spiro atoms. The number of hydrogen-bond donors (Lipinski definition) is 3. The summed E-state index contributed by atoms with van der Waals surface area (Å²) in [4.78, 5) is 98.0. The highest BCUT2D eigenvalue weighted by Crippen LogP contribution is 2.57. The van der Waals surface area contributed by atoms with E-state index in [1.807, 2.05) is 0 Å². The Bertz CT molecular complexity index is 2030. The van der Waals surface area contributed by atoms with E-state index in [0.29, 0.717) is 0 Å². The molecular weight excluding hydrogens is 690 g/mol. The van der Waals surface area contributed by atoms with Crippen molar-refractivity contribution in [2.45, 2.75) is 74.5 Å². The maximum Gasteiger partial charge on any atom is 0.341 e. The molecule has 4 aliphatic rings. The number of carbonyl (C=O) groups excluding carboxylic acids is 5. The van der Waals surface area contributed by atoms with Crippen LogP contribution in [0.1, 0.15) is 81.8 Å². The summed E-state index contributed by atoms with van der Waals surface area (Å²) in [5, 5.41) is 41.7. The molecule has 274 valence electrons. The second-order valence-corrected chi connectivity index (χ2v) is 12.9. The topological polar surface area (TPSA) is 263 Å². The Morgan fingerprint density at radius 2 is 1.60 bits per heavy atom. The molecule has 0 saturated carbocycles. The van der Waals surface area contributed by atoms with Crippen LogP contribution in [0.2, 0.25) is 0 Å². The van der Waals surface area contributed by atoms with E-state index in [9.17, 15) is 49.1 Å². The maximum absolute atomic E-state index is 14.7. The number of benzene rings is 2. The fourth-order valence-electron chi connectivity index (χ4n) is 8.13. The first kappa shape index (κ1) is 36.6. The number of fused-ring (bicyclic) bond motifs is 5. The number of aliphatic imine (C=N–C) groups is 1. The average molecular weight is 724 g/mol. The molecule has 3 aliphatic carbocycles. The molecule has 0 aromatic heterocycles. The van der Waals surface area contributed by atoms with Crippen LogP contribution in [0, 0.1) is 16.7 Å². The van der Waals surface area contributed by atoms with Crippen LogP contribution in [0.5, 0.6) is 11.5 Å². The van der Waals surface area contributed by atoms with Crippen LogP contribution in [0.3, 0.4) is 0 Å². The Morgan fingerprint density at radius 1 is 0.923 bits per heavy atom. The van der Waals surface area contributed by atoms with Crippen molar-refractivity contribution >= 4 is 34.8 Å². The number of methoxy groups -OCH3 is 4. The molecule has 0 bridgehead atoms. The number of aryl methyl sites for hydroxylation is 1. The van der Waals surface area contributed by atoms with Crippen molar-refractivity contribution in [3.63, 3.8) is 0 Å². The fourth-order valence-corrected chi connectivity index (χ4v) is 8.13. The smallest absolute Gasteiger partial charge is 0.341 e. The zero-order valence-corrected chi connectivity index (χ0v) is 28.6. The van der Waals surface area contributed by atoms with Crippen molar-refractivity contribution < 1.29 is 63.0 Å². The van der Waals surface area contributed by atoms with Crippen LogP contribution in [-0.2, 0) is 35.7 Å². The second-order valence-electron chi connectivity index (χ2n) is 12.9. The van der Waals surface area contributed by atoms with Crippen LogP contribution >= 0.6 is 0 Å². The van der Waals surface area contributed by atoms with Gasteiger partial charge in [-0.2, -0.15) is 9.81 Å². The number of carbonyl (C=O) groups is 5. The summed E-state index contributed by atoms with van der Waals surface area (Å²) in [5.74, 6) is -7.81. The van der Waals surface area contributed by atoms with Gasteiger partial charge in [0.15, 0.2) is 29.3 Å². The lowest BCUT2D eigenvalue weighted by molar-refractivity contribution is -0.184. The number of ether oxygens (including phenoxy) is 5. The number of Topliss-reactive ketones (excluding diaryl/α,β-unsaturated/α-hetero) is 4. The number of aromatic hydroxyl groups is 2.